The Morgan fingerprint density at radius 3 is 2.80 bits per heavy atom. The van der Waals surface area contributed by atoms with E-state index >= 15 is 0 Å². The molecule has 2 aromatic heterocycles. The van der Waals surface area contributed by atoms with E-state index in [0.29, 0.717) is 12.1 Å². The Morgan fingerprint density at radius 2 is 2.16 bits per heavy atom. The van der Waals surface area contributed by atoms with Gasteiger partial charge in [0.05, 0.1) is 10.2 Å². The number of carbonyl (C=O) groups is 1. The van der Waals surface area contributed by atoms with Gasteiger partial charge in [-0.1, -0.05) is 12.1 Å². The number of allylic oxidation sites excluding steroid dienone is 1. The largest absolute Gasteiger partial charge is 0.481 e. The molecule has 0 unspecified atom stereocenters. The predicted molar refractivity (Wildman–Crippen MR) is 99.2 cm³/mol. The smallest absolute Gasteiger partial charge is 0.303 e. The zero-order valence-electron chi connectivity index (χ0n) is 14.0. The van der Waals surface area contributed by atoms with Crippen LogP contribution in [0.15, 0.2) is 30.3 Å². The lowest BCUT2D eigenvalue weighted by Gasteiger charge is -2.04. The minimum Gasteiger partial charge on any atom is -0.481 e. The Bertz CT molecular complexity index is 988. The molecule has 2 heterocycles. The van der Waals surface area contributed by atoms with Crippen molar-refractivity contribution in [2.24, 2.45) is 7.05 Å². The van der Waals surface area contributed by atoms with Gasteiger partial charge in [-0.3, -0.25) is 4.79 Å². The fraction of sp³-hybridized carbons (Fsp3) is 0.211. The molecule has 0 fully saturated rings. The van der Waals surface area contributed by atoms with Gasteiger partial charge in [-0.05, 0) is 48.8 Å². The molecule has 0 saturated heterocycles. The number of benzene rings is 1. The van der Waals surface area contributed by atoms with Gasteiger partial charge in [0.1, 0.15) is 16.8 Å². The summed E-state index contributed by atoms with van der Waals surface area (Å²) in [4.78, 5) is 15.7. The maximum Gasteiger partial charge on any atom is 0.303 e. The molecule has 0 spiro atoms. The second-order valence-corrected chi connectivity index (χ2v) is 6.82. The fourth-order valence-corrected chi connectivity index (χ4v) is 3.67. The van der Waals surface area contributed by atoms with Crippen molar-refractivity contribution >= 4 is 39.2 Å². The first-order valence-electron chi connectivity index (χ1n) is 7.84. The Hall–Kier alpha value is -2.91. The number of nitrogens with zero attached hydrogens (tertiary/aromatic N) is 3. The third kappa shape index (κ3) is 3.47. The van der Waals surface area contributed by atoms with Crippen LogP contribution in [0.1, 0.15) is 34.8 Å². The summed E-state index contributed by atoms with van der Waals surface area (Å²) in [5, 5.41) is 19.1. The van der Waals surface area contributed by atoms with Gasteiger partial charge in [0.2, 0.25) is 0 Å². The number of fused-ring (bicyclic) bond motifs is 1. The van der Waals surface area contributed by atoms with Crippen LogP contribution in [-0.2, 0) is 11.8 Å². The lowest BCUT2D eigenvalue weighted by molar-refractivity contribution is -0.136. The molecular weight excluding hydrogens is 334 g/mol. The molecule has 0 aliphatic rings. The van der Waals surface area contributed by atoms with E-state index in [1.807, 2.05) is 54.9 Å². The number of para-hydroxylation sites is 1. The lowest BCUT2D eigenvalue weighted by atomic mass is 10.1. The number of nitriles is 1. The number of thiazole rings is 1. The molecule has 3 aromatic rings. The molecule has 1 N–H and O–H groups in total. The van der Waals surface area contributed by atoms with Crippen LogP contribution in [-0.4, -0.2) is 20.6 Å². The van der Waals surface area contributed by atoms with Crippen LogP contribution in [0.25, 0.3) is 21.9 Å². The summed E-state index contributed by atoms with van der Waals surface area (Å²) < 4.78 is 2.90. The average molecular weight is 351 g/mol. The maximum absolute atomic E-state index is 11.0. The quantitative estimate of drug-likeness (QED) is 0.746. The molecule has 0 aliphatic carbocycles. The first kappa shape index (κ1) is 16.9. The Kier molecular flexibility index (Phi) is 4.68. The first-order valence-corrected chi connectivity index (χ1v) is 8.66. The van der Waals surface area contributed by atoms with Crippen LogP contribution in [0.4, 0.5) is 0 Å². The molecule has 0 saturated carbocycles. The van der Waals surface area contributed by atoms with Gasteiger partial charge < -0.3 is 9.67 Å². The second-order valence-electron chi connectivity index (χ2n) is 5.79. The summed E-state index contributed by atoms with van der Waals surface area (Å²) >= 11 is 1.55. The molecule has 126 valence electrons. The zero-order valence-corrected chi connectivity index (χ0v) is 14.8. The number of hydrogen-bond donors (Lipinski definition) is 1. The van der Waals surface area contributed by atoms with Crippen LogP contribution in [0.2, 0.25) is 0 Å². The highest BCUT2D eigenvalue weighted by molar-refractivity contribution is 7.19. The minimum absolute atomic E-state index is 0.0404. The molecule has 0 bridgehead atoms. The number of carboxylic acid groups (broad SMARTS) is 1. The third-order valence-electron chi connectivity index (χ3n) is 4.20. The zero-order chi connectivity index (χ0) is 18.0. The summed E-state index contributed by atoms with van der Waals surface area (Å²) in [6.45, 7) is 1.94. The molecule has 25 heavy (non-hydrogen) atoms. The van der Waals surface area contributed by atoms with Crippen molar-refractivity contribution in [1.29, 1.82) is 5.26 Å². The van der Waals surface area contributed by atoms with Crippen LogP contribution < -0.4 is 0 Å². The van der Waals surface area contributed by atoms with Crippen LogP contribution >= 0.6 is 11.3 Å². The molecule has 0 radical (unpaired) electrons. The summed E-state index contributed by atoms with van der Waals surface area (Å²) in [5.41, 5.74) is 4.24. The topological polar surface area (TPSA) is 78.9 Å². The van der Waals surface area contributed by atoms with Crippen LogP contribution in [0.5, 0.6) is 0 Å². The van der Waals surface area contributed by atoms with Crippen molar-refractivity contribution in [3.05, 3.63) is 52.3 Å². The van der Waals surface area contributed by atoms with E-state index in [4.69, 9.17) is 5.11 Å². The van der Waals surface area contributed by atoms with Crippen molar-refractivity contribution in [2.45, 2.75) is 19.8 Å². The van der Waals surface area contributed by atoms with E-state index in [1.165, 1.54) is 0 Å². The van der Waals surface area contributed by atoms with Crippen molar-refractivity contribution < 1.29 is 9.90 Å². The highest BCUT2D eigenvalue weighted by Gasteiger charge is 2.13. The summed E-state index contributed by atoms with van der Waals surface area (Å²) in [6.07, 6.45) is 2.39. The van der Waals surface area contributed by atoms with Gasteiger partial charge in [-0.2, -0.15) is 5.26 Å². The third-order valence-corrected chi connectivity index (χ3v) is 5.31. The van der Waals surface area contributed by atoms with Gasteiger partial charge in [-0.15, -0.1) is 11.3 Å². The van der Waals surface area contributed by atoms with E-state index in [1.54, 1.807) is 11.3 Å². The van der Waals surface area contributed by atoms with Gasteiger partial charge >= 0.3 is 5.97 Å². The summed E-state index contributed by atoms with van der Waals surface area (Å²) in [6, 6.07) is 11.8. The van der Waals surface area contributed by atoms with Crippen molar-refractivity contribution in [2.75, 3.05) is 0 Å². The minimum atomic E-state index is -0.838. The standard InChI is InChI=1S/C19H17N3O2S/c1-12-14(10-15(11-20)22(12)2)9-13(7-8-18(23)24)19-21-16-5-3-4-6-17(16)25-19/h3-6,9-10H,7-8H2,1-2H3,(H,23,24)/b13-9-. The average Bonchev–Trinajstić information content (AvgIpc) is 3.14. The molecule has 1 aromatic carbocycles. The summed E-state index contributed by atoms with van der Waals surface area (Å²) in [7, 11) is 1.85. The Morgan fingerprint density at radius 1 is 1.40 bits per heavy atom. The Labute approximate surface area is 149 Å². The van der Waals surface area contributed by atoms with Gasteiger partial charge in [0.25, 0.3) is 0 Å². The van der Waals surface area contributed by atoms with E-state index in [9.17, 15) is 10.1 Å². The highest BCUT2D eigenvalue weighted by atomic mass is 32.1. The molecule has 0 atom stereocenters. The fourth-order valence-electron chi connectivity index (χ4n) is 2.66. The molecule has 3 rings (SSSR count). The van der Waals surface area contributed by atoms with Crippen molar-refractivity contribution in [3.63, 3.8) is 0 Å². The summed E-state index contributed by atoms with van der Waals surface area (Å²) in [5.74, 6) is -0.838. The number of carboxylic acids is 1. The van der Waals surface area contributed by atoms with Gasteiger partial charge in [0, 0.05) is 19.2 Å². The van der Waals surface area contributed by atoms with E-state index < -0.39 is 5.97 Å². The van der Waals surface area contributed by atoms with E-state index in [-0.39, 0.29) is 6.42 Å². The first-order chi connectivity index (χ1) is 12.0. The predicted octanol–water partition coefficient (Wildman–Crippen LogP) is 4.22. The maximum atomic E-state index is 11.0. The van der Waals surface area contributed by atoms with Crippen molar-refractivity contribution in [3.8, 4) is 6.07 Å². The van der Waals surface area contributed by atoms with Crippen molar-refractivity contribution in [1.82, 2.24) is 9.55 Å². The van der Waals surface area contributed by atoms with Crippen LogP contribution in [0.3, 0.4) is 0 Å². The van der Waals surface area contributed by atoms with Gasteiger partial charge in [0.15, 0.2) is 0 Å². The molecule has 5 nitrogen and oxygen atoms in total. The highest BCUT2D eigenvalue weighted by Crippen LogP contribution is 2.31. The number of aliphatic carboxylic acids is 1. The molecule has 0 amide bonds. The molecular formula is C19H17N3O2S. The number of rotatable bonds is 5. The molecule has 6 heteroatoms. The SMILES string of the molecule is Cc1c(/C=C(/CCC(=O)O)c2nc3ccccc3s2)cc(C#N)n1C. The number of hydrogen-bond acceptors (Lipinski definition) is 4. The molecule has 0 aliphatic heterocycles. The lowest BCUT2D eigenvalue weighted by Crippen LogP contribution is -1.96. The monoisotopic (exact) mass is 351 g/mol. The van der Waals surface area contributed by atoms with Gasteiger partial charge in [-0.25, -0.2) is 4.98 Å². The van der Waals surface area contributed by atoms with E-state index in [0.717, 1.165) is 32.1 Å². The normalized spacial score (nSPS) is 11.6. The van der Waals surface area contributed by atoms with E-state index in [2.05, 4.69) is 11.1 Å². The second kappa shape index (κ2) is 6.91. The number of aromatic nitrogens is 2. The Balaban J connectivity index is 2.08. The van der Waals surface area contributed by atoms with Crippen LogP contribution in [0, 0.1) is 18.3 Å².